The van der Waals surface area contributed by atoms with Crippen molar-refractivity contribution in [2.75, 3.05) is 36.4 Å². The Morgan fingerprint density at radius 2 is 1.60 bits per heavy atom. The lowest BCUT2D eigenvalue weighted by Gasteiger charge is -2.46. The second kappa shape index (κ2) is 8.46. The maximum atomic E-state index is 13.5. The van der Waals surface area contributed by atoms with Crippen molar-refractivity contribution < 1.29 is 14.0 Å². The number of nitrogens with one attached hydrogen (secondary N) is 1. The molecule has 0 radical (unpaired) electrons. The van der Waals surface area contributed by atoms with Crippen LogP contribution in [0, 0.1) is 5.82 Å². The summed E-state index contributed by atoms with van der Waals surface area (Å²) >= 11 is 0. The van der Waals surface area contributed by atoms with Gasteiger partial charge < -0.3 is 15.1 Å². The molecule has 2 aliphatic rings. The summed E-state index contributed by atoms with van der Waals surface area (Å²) in [7, 11) is 0. The van der Waals surface area contributed by atoms with Gasteiger partial charge in [-0.2, -0.15) is 0 Å². The Labute approximate surface area is 176 Å². The standard InChI is InChI=1S/C24H28FN3O2/c1-2-22(29)26-20-8-4-18(5-9-20)24(12-3-13-24)23(30)28-16-14-27(15-17-28)21-10-6-19(25)7-11-21/h4-11H,2-3,12-17H2,1H3,(H,26,29). The maximum absolute atomic E-state index is 13.5. The van der Waals surface area contributed by atoms with Gasteiger partial charge in [-0.15, -0.1) is 0 Å². The van der Waals surface area contributed by atoms with Crippen LogP contribution in [0.4, 0.5) is 15.8 Å². The number of hydrogen-bond donors (Lipinski definition) is 1. The molecule has 0 bridgehead atoms. The van der Waals surface area contributed by atoms with E-state index in [1.165, 1.54) is 12.1 Å². The second-order valence-corrected chi connectivity index (χ2v) is 8.17. The summed E-state index contributed by atoms with van der Waals surface area (Å²) in [4.78, 5) is 29.3. The number of anilines is 2. The smallest absolute Gasteiger partial charge is 0.233 e. The van der Waals surface area contributed by atoms with Crippen LogP contribution in [0.3, 0.4) is 0 Å². The Balaban J connectivity index is 1.43. The van der Waals surface area contributed by atoms with Crippen LogP contribution in [-0.4, -0.2) is 42.9 Å². The molecule has 2 aromatic rings. The summed E-state index contributed by atoms with van der Waals surface area (Å²) in [6.45, 7) is 4.65. The first-order valence-electron chi connectivity index (χ1n) is 10.7. The van der Waals surface area contributed by atoms with Gasteiger partial charge in [0.15, 0.2) is 0 Å². The minimum absolute atomic E-state index is 0.0174. The van der Waals surface area contributed by atoms with E-state index >= 15 is 0 Å². The van der Waals surface area contributed by atoms with Crippen LogP contribution in [0.2, 0.25) is 0 Å². The highest BCUT2D eigenvalue weighted by Gasteiger charge is 2.47. The maximum Gasteiger partial charge on any atom is 0.233 e. The fraction of sp³-hybridized carbons (Fsp3) is 0.417. The van der Waals surface area contributed by atoms with Crippen LogP contribution in [0.5, 0.6) is 0 Å². The molecular weight excluding hydrogens is 381 g/mol. The molecule has 0 unspecified atom stereocenters. The first-order chi connectivity index (χ1) is 14.5. The summed E-state index contributed by atoms with van der Waals surface area (Å²) in [6.07, 6.45) is 3.22. The summed E-state index contributed by atoms with van der Waals surface area (Å²) in [6, 6.07) is 14.3. The van der Waals surface area contributed by atoms with Crippen LogP contribution in [0.25, 0.3) is 0 Å². The summed E-state index contributed by atoms with van der Waals surface area (Å²) in [5.41, 5.74) is 2.35. The third-order valence-electron chi connectivity index (χ3n) is 6.42. The Kier molecular flexibility index (Phi) is 5.75. The lowest BCUT2D eigenvalue weighted by atomic mass is 9.63. The zero-order valence-electron chi connectivity index (χ0n) is 17.4. The molecule has 1 heterocycles. The van der Waals surface area contributed by atoms with Crippen molar-refractivity contribution in [1.29, 1.82) is 0 Å². The first kappa shape index (κ1) is 20.4. The van der Waals surface area contributed by atoms with Gasteiger partial charge in [0.2, 0.25) is 11.8 Å². The highest BCUT2D eigenvalue weighted by atomic mass is 19.1. The Morgan fingerprint density at radius 1 is 0.967 bits per heavy atom. The molecule has 2 fully saturated rings. The van der Waals surface area contributed by atoms with E-state index in [1.54, 1.807) is 12.1 Å². The van der Waals surface area contributed by atoms with E-state index in [9.17, 15) is 14.0 Å². The molecule has 0 spiro atoms. The molecule has 1 N–H and O–H groups in total. The Hall–Kier alpha value is -2.89. The monoisotopic (exact) mass is 409 g/mol. The van der Waals surface area contributed by atoms with Crippen molar-refractivity contribution in [3.8, 4) is 0 Å². The summed E-state index contributed by atoms with van der Waals surface area (Å²) in [5, 5.41) is 2.86. The largest absolute Gasteiger partial charge is 0.368 e. The number of nitrogens with zero attached hydrogens (tertiary/aromatic N) is 2. The molecule has 1 aliphatic carbocycles. The predicted molar refractivity (Wildman–Crippen MR) is 116 cm³/mol. The van der Waals surface area contributed by atoms with Crippen molar-refractivity contribution >= 4 is 23.2 Å². The fourth-order valence-electron chi connectivity index (χ4n) is 4.40. The number of amides is 2. The van der Waals surface area contributed by atoms with Gasteiger partial charge in [0.1, 0.15) is 5.82 Å². The van der Waals surface area contributed by atoms with Crippen LogP contribution in [-0.2, 0) is 15.0 Å². The minimum Gasteiger partial charge on any atom is -0.368 e. The van der Waals surface area contributed by atoms with Crippen molar-refractivity contribution in [2.24, 2.45) is 0 Å². The summed E-state index contributed by atoms with van der Waals surface area (Å²) < 4.78 is 13.2. The zero-order chi connectivity index (χ0) is 21.1. The molecule has 6 heteroatoms. The number of piperazine rings is 1. The quantitative estimate of drug-likeness (QED) is 0.814. The molecule has 4 rings (SSSR count). The van der Waals surface area contributed by atoms with Gasteiger partial charge in [0.25, 0.3) is 0 Å². The molecule has 158 valence electrons. The lowest BCUT2D eigenvalue weighted by Crippen LogP contribution is -2.56. The highest BCUT2D eigenvalue weighted by molar-refractivity contribution is 5.91. The number of halogens is 1. The predicted octanol–water partition coefficient (Wildman–Crippen LogP) is 3.94. The minimum atomic E-state index is -0.439. The van der Waals surface area contributed by atoms with E-state index in [-0.39, 0.29) is 17.6 Å². The van der Waals surface area contributed by atoms with Crippen LogP contribution in [0.15, 0.2) is 48.5 Å². The van der Waals surface area contributed by atoms with E-state index in [4.69, 9.17) is 0 Å². The lowest BCUT2D eigenvalue weighted by molar-refractivity contribution is -0.141. The molecular formula is C24H28FN3O2. The number of rotatable bonds is 5. The first-order valence-corrected chi connectivity index (χ1v) is 10.7. The number of hydrogen-bond acceptors (Lipinski definition) is 3. The third kappa shape index (κ3) is 3.91. The van der Waals surface area contributed by atoms with Crippen molar-refractivity contribution in [3.63, 3.8) is 0 Å². The molecule has 5 nitrogen and oxygen atoms in total. The fourth-order valence-corrected chi connectivity index (χ4v) is 4.40. The molecule has 2 aromatic carbocycles. The van der Waals surface area contributed by atoms with Crippen LogP contribution in [0.1, 0.15) is 38.2 Å². The van der Waals surface area contributed by atoms with E-state index in [1.807, 2.05) is 36.1 Å². The van der Waals surface area contributed by atoms with E-state index in [0.29, 0.717) is 19.5 Å². The normalized spacial score (nSPS) is 17.9. The molecule has 0 aromatic heterocycles. The average Bonchev–Trinajstić information content (AvgIpc) is 2.74. The molecule has 30 heavy (non-hydrogen) atoms. The van der Waals surface area contributed by atoms with Crippen molar-refractivity contribution in [1.82, 2.24) is 4.90 Å². The average molecular weight is 410 g/mol. The Bertz CT molecular complexity index is 899. The van der Waals surface area contributed by atoms with Gasteiger partial charge in [0, 0.05) is 44.0 Å². The summed E-state index contributed by atoms with van der Waals surface area (Å²) in [5.74, 6) is -0.0474. The molecule has 1 saturated heterocycles. The van der Waals surface area contributed by atoms with Gasteiger partial charge in [-0.25, -0.2) is 4.39 Å². The van der Waals surface area contributed by atoms with Crippen LogP contribution < -0.4 is 10.2 Å². The van der Waals surface area contributed by atoms with Crippen molar-refractivity contribution in [2.45, 2.75) is 38.0 Å². The van der Waals surface area contributed by atoms with E-state index in [0.717, 1.165) is 49.3 Å². The van der Waals surface area contributed by atoms with Gasteiger partial charge in [0.05, 0.1) is 5.41 Å². The van der Waals surface area contributed by atoms with Gasteiger partial charge in [-0.05, 0) is 54.8 Å². The van der Waals surface area contributed by atoms with Crippen molar-refractivity contribution in [3.05, 3.63) is 59.9 Å². The Morgan fingerprint density at radius 3 is 2.13 bits per heavy atom. The third-order valence-corrected chi connectivity index (χ3v) is 6.42. The highest BCUT2D eigenvalue weighted by Crippen LogP contribution is 2.45. The number of carbonyl (C=O) groups excluding carboxylic acids is 2. The molecule has 0 atom stereocenters. The van der Waals surface area contributed by atoms with Crippen LogP contribution >= 0.6 is 0 Å². The number of benzene rings is 2. The SMILES string of the molecule is CCC(=O)Nc1ccc(C2(C(=O)N3CCN(c4ccc(F)cc4)CC3)CCC2)cc1. The second-order valence-electron chi connectivity index (χ2n) is 8.17. The van der Waals surface area contributed by atoms with E-state index in [2.05, 4.69) is 10.2 Å². The van der Waals surface area contributed by atoms with Gasteiger partial charge in [-0.3, -0.25) is 9.59 Å². The molecule has 1 saturated carbocycles. The van der Waals surface area contributed by atoms with Gasteiger partial charge >= 0.3 is 0 Å². The van der Waals surface area contributed by atoms with Gasteiger partial charge in [-0.1, -0.05) is 25.5 Å². The number of carbonyl (C=O) groups is 2. The topological polar surface area (TPSA) is 52.7 Å². The van der Waals surface area contributed by atoms with E-state index < -0.39 is 5.41 Å². The molecule has 1 aliphatic heterocycles. The molecule has 2 amide bonds. The zero-order valence-corrected chi connectivity index (χ0v) is 17.4.